The topological polar surface area (TPSA) is 60.0 Å². The van der Waals surface area contributed by atoms with Crippen LogP contribution in [0.3, 0.4) is 0 Å². The first-order valence-electron chi connectivity index (χ1n) is 10.6. The summed E-state index contributed by atoms with van der Waals surface area (Å²) in [6.07, 6.45) is 3.87. The van der Waals surface area contributed by atoms with Crippen LogP contribution < -0.4 is 10.6 Å². The first-order valence-corrected chi connectivity index (χ1v) is 10.6. The normalized spacial score (nSPS) is 12.2. The molecule has 0 bridgehead atoms. The summed E-state index contributed by atoms with van der Waals surface area (Å²) in [7, 11) is 3.51. The van der Waals surface area contributed by atoms with E-state index >= 15 is 0 Å². The van der Waals surface area contributed by atoms with Crippen LogP contribution in [-0.4, -0.2) is 68.0 Å². The predicted octanol–water partition coefficient (Wildman–Crippen LogP) is 3.76. The molecule has 0 heterocycles. The summed E-state index contributed by atoms with van der Waals surface area (Å²) in [5, 5.41) is 6.80. The molecule has 1 rings (SSSR count). The van der Waals surface area contributed by atoms with E-state index in [0.717, 1.165) is 37.7 Å². The SMILES string of the molecule is C=CCN(CC=C)C(CNC(=NCc1ccc(C(=O)N(C)C)cc1)NCC)C(C)C.I. The number of benzene rings is 1. The maximum atomic E-state index is 12.0. The van der Waals surface area contributed by atoms with Gasteiger partial charge >= 0.3 is 0 Å². The minimum atomic E-state index is 0. The molecule has 0 saturated heterocycles. The maximum absolute atomic E-state index is 12.0. The lowest BCUT2D eigenvalue weighted by atomic mass is 10.0. The van der Waals surface area contributed by atoms with Crippen LogP contribution in [0.25, 0.3) is 0 Å². The molecule has 0 aromatic heterocycles. The maximum Gasteiger partial charge on any atom is 0.253 e. The lowest BCUT2D eigenvalue weighted by Crippen LogP contribution is -2.49. The Morgan fingerprint density at radius 3 is 2.13 bits per heavy atom. The standard InChI is InChI=1S/C24H39N5O.HI/c1-8-15-29(16-9-2)22(19(4)5)18-27-24(25-10-3)26-17-20-11-13-21(14-12-20)23(30)28(6)7;/h8-9,11-14,19,22H,1-2,10,15-18H2,3-7H3,(H2,25,26,27);1H. The molecule has 2 N–H and O–H groups in total. The molecule has 0 aliphatic carbocycles. The third-order valence-electron chi connectivity index (χ3n) is 4.82. The van der Waals surface area contributed by atoms with Crippen LogP contribution in [0, 0.1) is 5.92 Å². The molecule has 0 spiro atoms. The Morgan fingerprint density at radius 1 is 1.10 bits per heavy atom. The molecule has 0 fully saturated rings. The molecule has 1 aromatic rings. The number of nitrogens with zero attached hydrogens (tertiary/aromatic N) is 3. The summed E-state index contributed by atoms with van der Waals surface area (Å²) in [5.41, 5.74) is 1.74. The lowest BCUT2D eigenvalue weighted by molar-refractivity contribution is 0.0827. The van der Waals surface area contributed by atoms with Crippen LogP contribution in [0.5, 0.6) is 0 Å². The number of aliphatic imine (C=N–C) groups is 1. The van der Waals surface area contributed by atoms with Gasteiger partial charge in [-0.1, -0.05) is 38.1 Å². The van der Waals surface area contributed by atoms with Crippen molar-refractivity contribution in [3.05, 3.63) is 60.7 Å². The van der Waals surface area contributed by atoms with Gasteiger partial charge in [0, 0.05) is 51.9 Å². The lowest BCUT2D eigenvalue weighted by Gasteiger charge is -2.33. The molecule has 0 radical (unpaired) electrons. The van der Waals surface area contributed by atoms with Crippen molar-refractivity contribution in [2.24, 2.45) is 10.9 Å². The first kappa shape index (κ1) is 29.1. The average Bonchev–Trinajstić information content (AvgIpc) is 2.71. The Balaban J connectivity index is 0.00000900. The third-order valence-corrected chi connectivity index (χ3v) is 4.82. The molecule has 0 aliphatic rings. The summed E-state index contributed by atoms with van der Waals surface area (Å²) in [6, 6.07) is 7.95. The second-order valence-corrected chi connectivity index (χ2v) is 7.82. The molecule has 1 atom stereocenters. The smallest absolute Gasteiger partial charge is 0.253 e. The van der Waals surface area contributed by atoms with Gasteiger partial charge in [-0.25, -0.2) is 4.99 Å². The van der Waals surface area contributed by atoms with E-state index in [2.05, 4.69) is 49.5 Å². The number of carbonyl (C=O) groups excluding carboxylic acids is 1. The highest BCUT2D eigenvalue weighted by atomic mass is 127. The molecule has 0 saturated carbocycles. The fourth-order valence-electron chi connectivity index (χ4n) is 3.19. The Morgan fingerprint density at radius 2 is 1.68 bits per heavy atom. The van der Waals surface area contributed by atoms with Gasteiger partial charge in [0.25, 0.3) is 5.91 Å². The monoisotopic (exact) mass is 541 g/mol. The number of halogens is 1. The van der Waals surface area contributed by atoms with Crippen LogP contribution in [0.2, 0.25) is 0 Å². The number of guanidine groups is 1. The van der Waals surface area contributed by atoms with E-state index in [9.17, 15) is 4.79 Å². The third kappa shape index (κ3) is 10.3. The predicted molar refractivity (Wildman–Crippen MR) is 143 cm³/mol. The van der Waals surface area contributed by atoms with Gasteiger partial charge < -0.3 is 15.5 Å². The van der Waals surface area contributed by atoms with Gasteiger partial charge in [0.2, 0.25) is 0 Å². The van der Waals surface area contributed by atoms with E-state index in [0.29, 0.717) is 24.1 Å². The number of rotatable bonds is 12. The summed E-state index contributed by atoms with van der Waals surface area (Å²) in [4.78, 5) is 20.7. The van der Waals surface area contributed by atoms with E-state index in [1.54, 1.807) is 19.0 Å². The van der Waals surface area contributed by atoms with Crippen LogP contribution in [0.15, 0.2) is 54.6 Å². The van der Waals surface area contributed by atoms with Crippen LogP contribution in [0.4, 0.5) is 0 Å². The molecule has 6 nitrogen and oxygen atoms in total. The van der Waals surface area contributed by atoms with Crippen LogP contribution in [-0.2, 0) is 6.54 Å². The van der Waals surface area contributed by atoms with Gasteiger partial charge in [-0.2, -0.15) is 0 Å². The molecule has 1 unspecified atom stereocenters. The number of hydrogen-bond acceptors (Lipinski definition) is 3. The summed E-state index contributed by atoms with van der Waals surface area (Å²) >= 11 is 0. The summed E-state index contributed by atoms with van der Waals surface area (Å²) in [6.45, 7) is 18.0. The second-order valence-electron chi connectivity index (χ2n) is 7.82. The van der Waals surface area contributed by atoms with Crippen LogP contribution >= 0.6 is 24.0 Å². The Kier molecular flexibility index (Phi) is 14.9. The van der Waals surface area contributed by atoms with Gasteiger partial charge in [-0.3, -0.25) is 9.69 Å². The molecule has 0 aliphatic heterocycles. The highest BCUT2D eigenvalue weighted by Gasteiger charge is 2.20. The van der Waals surface area contributed by atoms with Crippen molar-refractivity contribution in [3.8, 4) is 0 Å². The van der Waals surface area contributed by atoms with E-state index < -0.39 is 0 Å². The molecule has 174 valence electrons. The second kappa shape index (κ2) is 15.9. The van der Waals surface area contributed by atoms with Gasteiger partial charge in [0.1, 0.15) is 0 Å². The van der Waals surface area contributed by atoms with Crippen molar-refractivity contribution in [3.63, 3.8) is 0 Å². The van der Waals surface area contributed by atoms with E-state index in [1.807, 2.05) is 36.4 Å². The number of hydrogen-bond donors (Lipinski definition) is 2. The van der Waals surface area contributed by atoms with Gasteiger partial charge in [0.15, 0.2) is 5.96 Å². The zero-order valence-corrected chi connectivity index (χ0v) is 22.1. The fraction of sp³-hybridized carbons (Fsp3) is 0.500. The van der Waals surface area contributed by atoms with Crippen molar-refractivity contribution in [2.75, 3.05) is 40.3 Å². The van der Waals surface area contributed by atoms with E-state index in [-0.39, 0.29) is 29.9 Å². The zero-order chi connectivity index (χ0) is 22.5. The van der Waals surface area contributed by atoms with Crippen molar-refractivity contribution < 1.29 is 4.79 Å². The van der Waals surface area contributed by atoms with Gasteiger partial charge in [-0.05, 0) is 30.5 Å². The van der Waals surface area contributed by atoms with Crippen molar-refractivity contribution in [2.45, 2.75) is 33.4 Å². The van der Waals surface area contributed by atoms with E-state index in [1.165, 1.54) is 0 Å². The van der Waals surface area contributed by atoms with Gasteiger partial charge in [0.05, 0.1) is 6.54 Å². The minimum absolute atomic E-state index is 0. The summed E-state index contributed by atoms with van der Waals surface area (Å²) in [5.74, 6) is 1.26. The summed E-state index contributed by atoms with van der Waals surface area (Å²) < 4.78 is 0. The fourth-order valence-corrected chi connectivity index (χ4v) is 3.19. The van der Waals surface area contributed by atoms with Gasteiger partial charge in [-0.15, -0.1) is 37.1 Å². The molecule has 1 amide bonds. The Hall–Kier alpha value is -1.87. The highest BCUT2D eigenvalue weighted by Crippen LogP contribution is 2.11. The minimum Gasteiger partial charge on any atom is -0.357 e. The molecule has 7 heteroatoms. The Bertz CT molecular complexity index is 690. The molecular formula is C24H40IN5O. The number of amides is 1. The Labute approximate surface area is 205 Å². The van der Waals surface area contributed by atoms with Crippen molar-refractivity contribution >= 4 is 35.8 Å². The van der Waals surface area contributed by atoms with E-state index in [4.69, 9.17) is 4.99 Å². The van der Waals surface area contributed by atoms with Crippen LogP contribution in [0.1, 0.15) is 36.7 Å². The molecular weight excluding hydrogens is 501 g/mol. The zero-order valence-electron chi connectivity index (χ0n) is 19.7. The average molecular weight is 542 g/mol. The molecule has 1 aromatic carbocycles. The first-order chi connectivity index (χ1) is 14.3. The van der Waals surface area contributed by atoms with Crippen molar-refractivity contribution in [1.82, 2.24) is 20.4 Å². The molecule has 31 heavy (non-hydrogen) atoms. The number of carbonyl (C=O) groups is 1. The highest BCUT2D eigenvalue weighted by molar-refractivity contribution is 14.0. The van der Waals surface area contributed by atoms with Crippen molar-refractivity contribution in [1.29, 1.82) is 0 Å². The largest absolute Gasteiger partial charge is 0.357 e. The quantitative estimate of drug-likeness (QED) is 0.183. The number of nitrogens with one attached hydrogen (secondary N) is 2.